The molecule has 0 bridgehead atoms. The van der Waals surface area contributed by atoms with Crippen LogP contribution in [-0.2, 0) is 9.16 Å². The summed E-state index contributed by atoms with van der Waals surface area (Å²) < 4.78 is 13.8. The van der Waals surface area contributed by atoms with Crippen molar-refractivity contribution < 1.29 is 14.3 Å². The van der Waals surface area contributed by atoms with Gasteiger partial charge in [0.15, 0.2) is 8.32 Å². The highest BCUT2D eigenvalue weighted by molar-refractivity contribution is 6.74. The third kappa shape index (κ3) is 4.09. The fourth-order valence-electron chi connectivity index (χ4n) is 2.74. The molecule has 2 N–H and O–H groups in total. The Labute approximate surface area is 154 Å². The molecule has 0 unspecified atom stereocenters. The maximum atomic E-state index is 12.2. The number of rotatable bonds is 5. The number of hydrogen-bond donors (Lipinski definition) is 2. The van der Waals surface area contributed by atoms with E-state index in [4.69, 9.17) is 9.16 Å². The van der Waals surface area contributed by atoms with Crippen molar-refractivity contribution in [2.24, 2.45) is 0 Å². The number of nitrogens with zero attached hydrogens (tertiary/aromatic N) is 1. The second-order valence-electron chi connectivity index (χ2n) is 8.41. The normalized spacial score (nSPS) is 25.3. The van der Waals surface area contributed by atoms with E-state index in [0.717, 1.165) is 0 Å². The van der Waals surface area contributed by atoms with Crippen molar-refractivity contribution in [1.29, 1.82) is 0 Å². The van der Waals surface area contributed by atoms with Crippen molar-refractivity contribution in [2.75, 3.05) is 0 Å². The average Bonchev–Trinajstić information content (AvgIpc) is 2.91. The number of nitrogens with one attached hydrogen (secondary N) is 1. The minimum absolute atomic E-state index is 0.000176. The Hall–Kier alpha value is -1.48. The van der Waals surface area contributed by atoms with E-state index >= 15 is 0 Å². The molecule has 7 nitrogen and oxygen atoms in total. The van der Waals surface area contributed by atoms with Gasteiger partial charge in [-0.25, -0.2) is 4.79 Å². The van der Waals surface area contributed by atoms with Crippen LogP contribution in [0.1, 0.15) is 39.0 Å². The van der Waals surface area contributed by atoms with E-state index in [1.54, 1.807) is 6.92 Å². The molecular weight excluding hydrogens is 352 g/mol. The standard InChI is InChI=1S/C18H30N2O5Si/c1-8-12(21)15-13(25-26(6,7)18(3,4)5)9-14(24-15)20-10-11(2)16(22)19-17(20)23/h8,10,12-15,21H,1,9H2,2-7H3,(H,19,22,23)/t12-,13+,14-,15-/m1/s1. The van der Waals surface area contributed by atoms with E-state index in [9.17, 15) is 14.7 Å². The van der Waals surface area contributed by atoms with E-state index in [-0.39, 0.29) is 11.1 Å². The highest BCUT2D eigenvalue weighted by Gasteiger charge is 2.46. The Balaban J connectivity index is 2.35. The second-order valence-corrected chi connectivity index (χ2v) is 13.2. The molecule has 2 heterocycles. The first kappa shape index (κ1) is 20.8. The first-order valence-electron chi connectivity index (χ1n) is 8.83. The number of aliphatic hydroxyl groups excluding tert-OH is 1. The third-order valence-corrected chi connectivity index (χ3v) is 9.91. The molecule has 1 fully saturated rings. The lowest BCUT2D eigenvalue weighted by atomic mass is 10.1. The molecule has 0 aromatic carbocycles. The highest BCUT2D eigenvalue weighted by atomic mass is 28.4. The van der Waals surface area contributed by atoms with Crippen molar-refractivity contribution >= 4 is 8.32 Å². The van der Waals surface area contributed by atoms with Crippen molar-refractivity contribution in [3.63, 3.8) is 0 Å². The van der Waals surface area contributed by atoms with Gasteiger partial charge in [0.25, 0.3) is 5.56 Å². The molecule has 0 amide bonds. The van der Waals surface area contributed by atoms with Crippen molar-refractivity contribution in [3.05, 3.63) is 45.3 Å². The number of aromatic nitrogens is 2. The van der Waals surface area contributed by atoms with Gasteiger partial charge in [0.05, 0.1) is 6.10 Å². The molecule has 2 rings (SSSR count). The zero-order valence-electron chi connectivity index (χ0n) is 16.4. The third-order valence-electron chi connectivity index (χ3n) is 5.40. The number of hydrogen-bond acceptors (Lipinski definition) is 5. The van der Waals surface area contributed by atoms with E-state index < -0.39 is 38.0 Å². The monoisotopic (exact) mass is 382 g/mol. The molecule has 1 aliphatic rings. The first-order chi connectivity index (χ1) is 11.9. The molecule has 8 heteroatoms. The van der Waals surface area contributed by atoms with Crippen molar-refractivity contribution in [1.82, 2.24) is 9.55 Å². The second kappa shape index (κ2) is 7.26. The summed E-state index contributed by atoms with van der Waals surface area (Å²) in [6.45, 7) is 16.0. The SMILES string of the molecule is C=C[C@@H](O)[C@H]1O[C@@H](n2cc(C)c(=O)[nH]c2=O)C[C@@H]1O[Si](C)(C)C(C)(C)C. The quantitative estimate of drug-likeness (QED) is 0.601. The van der Waals surface area contributed by atoms with Gasteiger partial charge in [-0.05, 0) is 25.1 Å². The zero-order valence-corrected chi connectivity index (χ0v) is 17.4. The van der Waals surface area contributed by atoms with E-state index in [0.29, 0.717) is 12.0 Å². The molecule has 1 saturated heterocycles. The largest absolute Gasteiger partial charge is 0.411 e. The topological polar surface area (TPSA) is 93.5 Å². The molecule has 4 atom stereocenters. The average molecular weight is 383 g/mol. The van der Waals surface area contributed by atoms with Gasteiger partial charge in [-0.15, -0.1) is 6.58 Å². The summed E-state index contributed by atoms with van der Waals surface area (Å²) in [6, 6.07) is 0. The maximum Gasteiger partial charge on any atom is 0.330 e. The lowest BCUT2D eigenvalue weighted by molar-refractivity contribution is -0.0661. The minimum Gasteiger partial charge on any atom is -0.411 e. The molecule has 0 spiro atoms. The molecule has 0 saturated carbocycles. The Bertz CT molecular complexity index is 777. The summed E-state index contributed by atoms with van der Waals surface area (Å²) in [5, 5.41) is 10.3. The summed E-state index contributed by atoms with van der Waals surface area (Å²) in [6.07, 6.45) is 0.793. The molecular formula is C18H30N2O5Si. The van der Waals surface area contributed by atoms with Crippen LogP contribution in [0.4, 0.5) is 0 Å². The van der Waals surface area contributed by atoms with Gasteiger partial charge in [-0.1, -0.05) is 26.8 Å². The van der Waals surface area contributed by atoms with Gasteiger partial charge in [-0.2, -0.15) is 0 Å². The van der Waals surface area contributed by atoms with Gasteiger partial charge in [0.2, 0.25) is 0 Å². The van der Waals surface area contributed by atoms with Crippen LogP contribution >= 0.6 is 0 Å². The molecule has 1 aromatic heterocycles. The van der Waals surface area contributed by atoms with Gasteiger partial charge >= 0.3 is 5.69 Å². The lowest BCUT2D eigenvalue weighted by Crippen LogP contribution is -2.47. The van der Waals surface area contributed by atoms with Crippen LogP contribution in [-0.4, -0.2) is 41.3 Å². The lowest BCUT2D eigenvalue weighted by Gasteiger charge is -2.39. The molecule has 0 aliphatic carbocycles. The van der Waals surface area contributed by atoms with Gasteiger partial charge in [0, 0.05) is 18.2 Å². The van der Waals surface area contributed by atoms with Crippen LogP contribution < -0.4 is 11.2 Å². The number of aromatic amines is 1. The number of ether oxygens (including phenoxy) is 1. The number of aliphatic hydroxyl groups is 1. The summed E-state index contributed by atoms with van der Waals surface area (Å²) >= 11 is 0. The van der Waals surface area contributed by atoms with Crippen LogP contribution in [0.5, 0.6) is 0 Å². The van der Waals surface area contributed by atoms with E-state index in [2.05, 4.69) is 45.4 Å². The Morgan fingerprint density at radius 2 is 2.08 bits per heavy atom. The number of H-pyrrole nitrogens is 1. The molecule has 1 aliphatic heterocycles. The fourth-order valence-corrected chi connectivity index (χ4v) is 4.08. The number of aryl methyl sites for hydroxylation is 1. The van der Waals surface area contributed by atoms with E-state index in [1.807, 2.05) is 0 Å². The Morgan fingerprint density at radius 3 is 2.62 bits per heavy atom. The van der Waals surface area contributed by atoms with E-state index in [1.165, 1.54) is 16.8 Å². The van der Waals surface area contributed by atoms with Gasteiger partial charge in [0.1, 0.15) is 18.4 Å². The van der Waals surface area contributed by atoms with Crippen LogP contribution in [0, 0.1) is 6.92 Å². The van der Waals surface area contributed by atoms with Crippen molar-refractivity contribution in [3.8, 4) is 0 Å². The van der Waals surface area contributed by atoms with Crippen LogP contribution in [0.15, 0.2) is 28.4 Å². The predicted octanol–water partition coefficient (Wildman–Crippen LogP) is 2.07. The van der Waals surface area contributed by atoms with Gasteiger partial charge in [-0.3, -0.25) is 14.3 Å². The molecule has 0 radical (unpaired) electrons. The zero-order chi connectivity index (χ0) is 19.9. The van der Waals surface area contributed by atoms with Crippen LogP contribution in [0.25, 0.3) is 0 Å². The predicted molar refractivity (Wildman–Crippen MR) is 103 cm³/mol. The summed E-state index contributed by atoms with van der Waals surface area (Å²) in [5.41, 5.74) is -0.533. The highest BCUT2D eigenvalue weighted by Crippen LogP contribution is 2.41. The Morgan fingerprint density at radius 1 is 1.46 bits per heavy atom. The maximum absolute atomic E-state index is 12.2. The smallest absolute Gasteiger partial charge is 0.330 e. The molecule has 1 aromatic rings. The fraction of sp³-hybridized carbons (Fsp3) is 0.667. The summed E-state index contributed by atoms with van der Waals surface area (Å²) in [4.78, 5) is 26.1. The first-order valence-corrected chi connectivity index (χ1v) is 11.7. The van der Waals surface area contributed by atoms with Crippen molar-refractivity contribution in [2.45, 2.75) is 76.8 Å². The minimum atomic E-state index is -2.10. The van der Waals surface area contributed by atoms with Gasteiger partial charge < -0.3 is 14.3 Å². The summed E-state index contributed by atoms with van der Waals surface area (Å²) in [7, 11) is -2.10. The Kier molecular flexibility index (Phi) is 5.82. The summed E-state index contributed by atoms with van der Waals surface area (Å²) in [5.74, 6) is 0. The molecule has 146 valence electrons. The molecule has 26 heavy (non-hydrogen) atoms. The van der Waals surface area contributed by atoms with Crippen LogP contribution in [0.2, 0.25) is 18.1 Å². The van der Waals surface area contributed by atoms with Crippen LogP contribution in [0.3, 0.4) is 0 Å².